The molecule has 1 aromatic heterocycles. The summed E-state index contributed by atoms with van der Waals surface area (Å²) >= 11 is 0. The lowest BCUT2D eigenvalue weighted by atomic mass is 9.80. The first-order chi connectivity index (χ1) is 23.2. The highest BCUT2D eigenvalue weighted by atomic mass is 31.2. The van der Waals surface area contributed by atoms with Gasteiger partial charge >= 0.3 is 7.82 Å². The standard InChI is InChI=1S/C33H43N6O9P/c1-21(40)36-26(18-22-10-12-24(13-11-22)48-49(45,46)47)31(43)38-33(15-6-3-7-16-33)32(44)37-27(19-29(34)41)30(42)35-17-14-23-20-39(2)28-9-5-4-8-25(23)28/h4-5,8-13,20,26-27H,3,6-7,14-19H2,1-2H3,(H2,34,41)(H,35,42)(H,36,40)(H,37,44)(H,38,43)(H2,45,46,47)/t26-,27-/m0/s1. The van der Waals surface area contributed by atoms with Gasteiger partial charge in [-0.2, -0.15) is 0 Å². The van der Waals surface area contributed by atoms with Crippen LogP contribution in [0.5, 0.6) is 5.75 Å². The molecule has 15 nitrogen and oxygen atoms in total. The monoisotopic (exact) mass is 698 g/mol. The van der Waals surface area contributed by atoms with Crippen molar-refractivity contribution in [2.45, 2.75) is 75.9 Å². The van der Waals surface area contributed by atoms with E-state index < -0.39 is 61.4 Å². The predicted molar refractivity (Wildman–Crippen MR) is 180 cm³/mol. The summed E-state index contributed by atoms with van der Waals surface area (Å²) in [5, 5.41) is 12.0. The highest BCUT2D eigenvalue weighted by Crippen LogP contribution is 2.37. The van der Waals surface area contributed by atoms with E-state index >= 15 is 0 Å². The first kappa shape index (κ1) is 37.1. The smallest absolute Gasteiger partial charge is 0.404 e. The molecule has 2 atom stereocenters. The van der Waals surface area contributed by atoms with Crippen LogP contribution in [0.1, 0.15) is 56.6 Å². The summed E-state index contributed by atoms with van der Waals surface area (Å²) in [6.07, 6.45) is 4.59. The molecular formula is C33H43N6O9P. The van der Waals surface area contributed by atoms with Gasteiger partial charge in [-0.1, -0.05) is 49.6 Å². The van der Waals surface area contributed by atoms with Crippen LogP contribution in [0.15, 0.2) is 54.7 Å². The Kier molecular flexibility index (Phi) is 12.2. The van der Waals surface area contributed by atoms with Crippen LogP contribution in [-0.4, -0.2) is 68.1 Å². The second kappa shape index (κ2) is 16.1. The molecule has 0 unspecified atom stereocenters. The molecule has 1 fully saturated rings. The molecule has 0 spiro atoms. The van der Waals surface area contributed by atoms with Gasteiger partial charge in [0.2, 0.25) is 29.5 Å². The molecular weight excluding hydrogens is 655 g/mol. The van der Waals surface area contributed by atoms with Crippen LogP contribution < -0.4 is 31.5 Å². The first-order valence-corrected chi connectivity index (χ1v) is 17.5. The molecule has 1 aliphatic rings. The van der Waals surface area contributed by atoms with Crippen LogP contribution in [-0.2, 0) is 48.4 Å². The molecule has 1 saturated carbocycles. The summed E-state index contributed by atoms with van der Waals surface area (Å²) in [7, 11) is -2.83. The number of hydrogen-bond acceptors (Lipinski definition) is 7. The number of fused-ring (bicyclic) bond motifs is 1. The Morgan fingerprint density at radius 3 is 2.27 bits per heavy atom. The topological polar surface area (TPSA) is 231 Å². The molecule has 0 saturated heterocycles. The van der Waals surface area contributed by atoms with Crippen LogP contribution in [0, 0.1) is 0 Å². The zero-order valence-electron chi connectivity index (χ0n) is 27.4. The summed E-state index contributed by atoms with van der Waals surface area (Å²) in [5.74, 6) is -3.25. The molecule has 0 radical (unpaired) electrons. The van der Waals surface area contributed by atoms with E-state index in [1.54, 1.807) is 0 Å². The largest absolute Gasteiger partial charge is 0.524 e. The lowest BCUT2D eigenvalue weighted by Gasteiger charge is -2.38. The number of carbonyl (C=O) groups excluding carboxylic acids is 5. The number of amides is 5. The quantitative estimate of drug-likeness (QED) is 0.113. The Hall–Kier alpha value is -4.72. The van der Waals surface area contributed by atoms with Crippen LogP contribution in [0.2, 0.25) is 0 Å². The van der Waals surface area contributed by atoms with Crippen molar-refractivity contribution in [2.75, 3.05) is 6.54 Å². The van der Waals surface area contributed by atoms with E-state index in [9.17, 15) is 28.5 Å². The number of phosphoric acid groups is 1. The van der Waals surface area contributed by atoms with Crippen molar-refractivity contribution in [3.8, 4) is 5.75 Å². The van der Waals surface area contributed by atoms with Crippen molar-refractivity contribution in [1.29, 1.82) is 0 Å². The average Bonchev–Trinajstić information content (AvgIpc) is 3.35. The molecule has 49 heavy (non-hydrogen) atoms. The third-order valence-electron chi connectivity index (χ3n) is 8.49. The minimum absolute atomic E-state index is 0.0112. The van der Waals surface area contributed by atoms with Gasteiger partial charge in [-0.15, -0.1) is 0 Å². The lowest BCUT2D eigenvalue weighted by molar-refractivity contribution is -0.139. The van der Waals surface area contributed by atoms with Crippen LogP contribution in [0.25, 0.3) is 10.9 Å². The lowest BCUT2D eigenvalue weighted by Crippen LogP contribution is -2.65. The van der Waals surface area contributed by atoms with Crippen molar-refractivity contribution in [1.82, 2.24) is 25.8 Å². The number of nitrogens with two attached hydrogens (primary N) is 1. The molecule has 0 bridgehead atoms. The third kappa shape index (κ3) is 10.4. The van der Waals surface area contributed by atoms with E-state index in [4.69, 9.17) is 15.5 Å². The number of para-hydroxylation sites is 1. The van der Waals surface area contributed by atoms with Crippen molar-refractivity contribution < 1.29 is 42.8 Å². The zero-order chi connectivity index (χ0) is 35.8. The van der Waals surface area contributed by atoms with Gasteiger partial charge in [0, 0.05) is 44.0 Å². The average molecular weight is 699 g/mol. The molecule has 5 amide bonds. The number of nitrogens with one attached hydrogen (secondary N) is 4. The summed E-state index contributed by atoms with van der Waals surface area (Å²) in [6.45, 7) is 1.48. The van der Waals surface area contributed by atoms with Gasteiger partial charge in [-0.25, -0.2) is 4.57 Å². The maximum Gasteiger partial charge on any atom is 0.524 e. The molecule has 4 rings (SSSR count). The van der Waals surface area contributed by atoms with Gasteiger partial charge in [0.25, 0.3) is 0 Å². The predicted octanol–water partition coefficient (Wildman–Crippen LogP) is 1.24. The molecule has 0 aliphatic heterocycles. The van der Waals surface area contributed by atoms with E-state index in [2.05, 4.69) is 25.8 Å². The first-order valence-electron chi connectivity index (χ1n) is 16.0. The zero-order valence-corrected chi connectivity index (χ0v) is 28.3. The van der Waals surface area contributed by atoms with E-state index in [1.807, 2.05) is 42.1 Å². The maximum absolute atomic E-state index is 13.9. The molecule has 264 valence electrons. The highest BCUT2D eigenvalue weighted by Gasteiger charge is 2.43. The van der Waals surface area contributed by atoms with E-state index in [-0.39, 0.29) is 31.6 Å². The van der Waals surface area contributed by atoms with E-state index in [0.717, 1.165) is 22.9 Å². The molecule has 16 heteroatoms. The summed E-state index contributed by atoms with van der Waals surface area (Å²) < 4.78 is 17.7. The van der Waals surface area contributed by atoms with Gasteiger partial charge in [0.05, 0.1) is 6.42 Å². The number of benzene rings is 2. The Morgan fingerprint density at radius 2 is 1.63 bits per heavy atom. The van der Waals surface area contributed by atoms with Gasteiger partial charge in [0.15, 0.2) is 0 Å². The molecule has 3 aromatic rings. The summed E-state index contributed by atoms with van der Waals surface area (Å²) in [5.41, 5.74) is 6.64. The third-order valence-corrected chi connectivity index (χ3v) is 8.93. The summed E-state index contributed by atoms with van der Waals surface area (Å²) in [4.78, 5) is 83.0. The molecule has 1 aliphatic carbocycles. The van der Waals surface area contributed by atoms with Gasteiger partial charge in [-0.3, -0.25) is 33.8 Å². The molecule has 8 N–H and O–H groups in total. The Labute approximate surface area is 283 Å². The summed E-state index contributed by atoms with van der Waals surface area (Å²) in [6, 6.07) is 11.1. The number of nitrogens with zero attached hydrogens (tertiary/aromatic N) is 1. The molecule has 1 heterocycles. The van der Waals surface area contributed by atoms with Gasteiger partial charge < -0.3 is 36.1 Å². The van der Waals surface area contributed by atoms with Crippen molar-refractivity contribution in [3.63, 3.8) is 0 Å². The van der Waals surface area contributed by atoms with Crippen LogP contribution >= 0.6 is 7.82 Å². The number of phosphoric ester groups is 1. The second-order valence-electron chi connectivity index (χ2n) is 12.3. The van der Waals surface area contributed by atoms with Crippen molar-refractivity contribution in [3.05, 3.63) is 65.9 Å². The highest BCUT2D eigenvalue weighted by molar-refractivity contribution is 7.46. The van der Waals surface area contributed by atoms with Gasteiger partial charge in [-0.05, 0) is 48.6 Å². The van der Waals surface area contributed by atoms with Crippen LogP contribution in [0.3, 0.4) is 0 Å². The number of aryl methyl sites for hydroxylation is 1. The second-order valence-corrected chi connectivity index (χ2v) is 13.5. The normalized spacial score (nSPS) is 15.4. The van der Waals surface area contributed by atoms with E-state index in [0.29, 0.717) is 24.8 Å². The minimum Gasteiger partial charge on any atom is -0.404 e. The van der Waals surface area contributed by atoms with E-state index in [1.165, 1.54) is 31.2 Å². The number of aromatic nitrogens is 1. The maximum atomic E-state index is 13.9. The number of hydrogen-bond donors (Lipinski definition) is 7. The SMILES string of the molecule is CC(=O)N[C@@H](Cc1ccc(OP(=O)(O)O)cc1)C(=O)NC1(C(=O)N[C@@H](CC(N)=O)C(=O)NCCc2cn(C)c3ccccc23)CCCCC1. The number of carbonyl (C=O) groups is 5. The van der Waals surface area contributed by atoms with Crippen LogP contribution in [0.4, 0.5) is 0 Å². The minimum atomic E-state index is -4.76. The van der Waals surface area contributed by atoms with Crippen molar-refractivity contribution in [2.24, 2.45) is 12.8 Å². The Balaban J connectivity index is 1.46. The fourth-order valence-electron chi connectivity index (χ4n) is 6.18. The fourth-order valence-corrected chi connectivity index (χ4v) is 6.57. The Bertz CT molecular complexity index is 1730. The molecule has 2 aromatic carbocycles. The van der Waals surface area contributed by atoms with Crippen molar-refractivity contribution >= 4 is 48.3 Å². The number of primary amides is 1. The Morgan fingerprint density at radius 1 is 0.959 bits per heavy atom. The fraction of sp³-hybridized carbons (Fsp3) is 0.424. The number of rotatable bonds is 15. The van der Waals surface area contributed by atoms with Gasteiger partial charge in [0.1, 0.15) is 23.4 Å².